The second kappa shape index (κ2) is 14.7. The summed E-state index contributed by atoms with van der Waals surface area (Å²) in [6.07, 6.45) is 8.09. The van der Waals surface area contributed by atoms with Crippen LogP contribution in [0.1, 0.15) is 35.5 Å². The molecule has 2 aromatic rings. The highest BCUT2D eigenvalue weighted by Gasteiger charge is 2.19. The number of carbonyl (C=O) groups is 2. The van der Waals surface area contributed by atoms with Crippen molar-refractivity contribution in [1.82, 2.24) is 24.3 Å². The number of piperazine rings is 1. The second-order valence-electron chi connectivity index (χ2n) is 7.98. The van der Waals surface area contributed by atoms with E-state index in [1.54, 1.807) is 0 Å². The highest BCUT2D eigenvalue weighted by molar-refractivity contribution is 7.10. The van der Waals surface area contributed by atoms with Crippen molar-refractivity contribution in [2.75, 3.05) is 39.3 Å². The number of hydrogen-bond donors (Lipinski definition) is 2. The van der Waals surface area contributed by atoms with Crippen LogP contribution in [-0.2, 0) is 36.3 Å². The molecule has 2 aliphatic rings. The van der Waals surface area contributed by atoms with Gasteiger partial charge in [0.2, 0.25) is 0 Å². The third-order valence-corrected chi connectivity index (χ3v) is 6.66. The first-order chi connectivity index (χ1) is 15.6. The van der Waals surface area contributed by atoms with E-state index in [0.29, 0.717) is 0 Å². The van der Waals surface area contributed by atoms with E-state index < -0.39 is 0 Å². The van der Waals surface area contributed by atoms with Crippen LogP contribution in [0, 0.1) is 0 Å². The minimum atomic E-state index is -0.250. The molecular weight excluding hydrogens is 430 g/mol. The van der Waals surface area contributed by atoms with Crippen molar-refractivity contribution in [3.63, 3.8) is 0 Å². The van der Waals surface area contributed by atoms with Crippen LogP contribution in [0.2, 0.25) is 0 Å². The highest BCUT2D eigenvalue weighted by Crippen LogP contribution is 2.21. The molecule has 32 heavy (non-hydrogen) atoms. The lowest BCUT2D eigenvalue weighted by Gasteiger charge is -2.34. The summed E-state index contributed by atoms with van der Waals surface area (Å²) >= 11 is 1.94. The van der Waals surface area contributed by atoms with Gasteiger partial charge < -0.3 is 14.8 Å². The molecule has 2 aliphatic heterocycles. The van der Waals surface area contributed by atoms with Gasteiger partial charge in [0.25, 0.3) is 12.9 Å². The molecule has 4 heterocycles. The Morgan fingerprint density at radius 1 is 0.906 bits per heavy atom. The number of nitrogens with zero attached hydrogens (tertiary/aromatic N) is 5. The Morgan fingerprint density at radius 2 is 1.47 bits per heavy atom. The zero-order chi connectivity index (χ0) is 23.2. The fraction of sp³-hybridized carbons (Fsp3) is 0.591. The molecule has 2 saturated heterocycles. The molecule has 0 radical (unpaired) electrons. The Morgan fingerprint density at radius 3 is 2.03 bits per heavy atom. The van der Waals surface area contributed by atoms with E-state index in [0.717, 1.165) is 45.8 Å². The molecule has 9 nitrogen and oxygen atoms in total. The number of carboxylic acid groups (broad SMARTS) is 2. The summed E-state index contributed by atoms with van der Waals surface area (Å²) in [7, 11) is 2.08. The van der Waals surface area contributed by atoms with Gasteiger partial charge in [0, 0.05) is 63.6 Å². The van der Waals surface area contributed by atoms with Gasteiger partial charge in [0.1, 0.15) is 5.82 Å². The maximum absolute atomic E-state index is 8.36. The molecule has 0 spiro atoms. The summed E-state index contributed by atoms with van der Waals surface area (Å²) in [5.41, 5.74) is 1.51. The summed E-state index contributed by atoms with van der Waals surface area (Å²) in [5, 5.41) is 16.2. The molecule has 0 aromatic carbocycles. The molecule has 4 rings (SSSR count). The molecule has 0 bridgehead atoms. The lowest BCUT2D eigenvalue weighted by atomic mass is 10.1. The summed E-state index contributed by atoms with van der Waals surface area (Å²) in [5.74, 6) is 1.17. The van der Waals surface area contributed by atoms with E-state index in [1.807, 2.05) is 23.7 Å². The first-order valence-electron chi connectivity index (χ1n) is 10.9. The molecule has 2 N–H and O–H groups in total. The SMILES string of the molecule is Cn1ccnc1CN1CCN(Cc2cc(CN3CCCCC3)cs2)CC1.O=CO.O=CO. The fourth-order valence-electron chi connectivity index (χ4n) is 4.04. The summed E-state index contributed by atoms with van der Waals surface area (Å²) < 4.78 is 2.13. The molecule has 178 valence electrons. The van der Waals surface area contributed by atoms with E-state index in [2.05, 4.69) is 42.7 Å². The van der Waals surface area contributed by atoms with Crippen LogP contribution in [0.4, 0.5) is 0 Å². The number of aromatic nitrogens is 2. The third-order valence-electron chi connectivity index (χ3n) is 5.69. The van der Waals surface area contributed by atoms with Crippen LogP contribution in [0.25, 0.3) is 0 Å². The molecular formula is C22H35N5O4S. The second-order valence-corrected chi connectivity index (χ2v) is 8.97. The molecule has 0 saturated carbocycles. The first kappa shape index (κ1) is 26.0. The molecule has 0 unspecified atom stereocenters. The highest BCUT2D eigenvalue weighted by atomic mass is 32.1. The smallest absolute Gasteiger partial charge is 0.290 e. The topological polar surface area (TPSA) is 102 Å². The Bertz CT molecular complexity index is 777. The number of rotatable bonds is 6. The average molecular weight is 466 g/mol. The first-order valence-corrected chi connectivity index (χ1v) is 11.8. The van der Waals surface area contributed by atoms with Gasteiger partial charge >= 0.3 is 0 Å². The summed E-state index contributed by atoms with van der Waals surface area (Å²) in [6, 6.07) is 2.44. The molecule has 2 aromatic heterocycles. The summed E-state index contributed by atoms with van der Waals surface area (Å²) in [6.45, 7) is 9.88. The van der Waals surface area contributed by atoms with Crippen LogP contribution in [0.5, 0.6) is 0 Å². The van der Waals surface area contributed by atoms with Gasteiger partial charge in [-0.2, -0.15) is 0 Å². The van der Waals surface area contributed by atoms with Crippen LogP contribution >= 0.6 is 11.3 Å². The number of imidazole rings is 1. The van der Waals surface area contributed by atoms with Gasteiger partial charge in [-0.1, -0.05) is 6.42 Å². The molecule has 2 fully saturated rings. The van der Waals surface area contributed by atoms with Crippen LogP contribution in [0.3, 0.4) is 0 Å². The van der Waals surface area contributed by atoms with Gasteiger partial charge in [-0.25, -0.2) is 4.98 Å². The Labute approximate surface area is 193 Å². The lowest BCUT2D eigenvalue weighted by Crippen LogP contribution is -2.45. The standard InChI is InChI=1S/C20H31N5S.2CH2O2/c1-22-8-5-21-20(22)16-25-11-9-24(10-12-25)15-19-13-18(17-26-19)14-23-6-3-2-4-7-23;2*2-1-3/h5,8,13,17H,2-4,6-7,9-12,14-16H2,1H3;2*1H,(H,2,3). The van der Waals surface area contributed by atoms with Crippen LogP contribution in [-0.4, -0.2) is 86.7 Å². The average Bonchev–Trinajstić information content (AvgIpc) is 3.40. The predicted molar refractivity (Wildman–Crippen MR) is 125 cm³/mol. The van der Waals surface area contributed by atoms with E-state index in [4.69, 9.17) is 19.8 Å². The van der Waals surface area contributed by atoms with Crippen molar-refractivity contribution in [1.29, 1.82) is 0 Å². The van der Waals surface area contributed by atoms with E-state index >= 15 is 0 Å². The monoisotopic (exact) mass is 465 g/mol. The van der Waals surface area contributed by atoms with Crippen LogP contribution < -0.4 is 0 Å². The minimum Gasteiger partial charge on any atom is -0.483 e. The lowest BCUT2D eigenvalue weighted by molar-refractivity contribution is -0.123. The zero-order valence-electron chi connectivity index (χ0n) is 18.8. The van der Waals surface area contributed by atoms with Gasteiger partial charge in [-0.05, 0) is 42.9 Å². The predicted octanol–water partition coefficient (Wildman–Crippen LogP) is 2.19. The van der Waals surface area contributed by atoms with Gasteiger partial charge in [-0.3, -0.25) is 24.3 Å². The number of likely N-dealkylation sites (tertiary alicyclic amines) is 1. The molecule has 0 atom stereocenters. The summed E-state index contributed by atoms with van der Waals surface area (Å²) in [4.78, 5) is 30.4. The Kier molecular flexibility index (Phi) is 12.0. The van der Waals surface area contributed by atoms with E-state index in [9.17, 15) is 0 Å². The van der Waals surface area contributed by atoms with Crippen molar-refractivity contribution in [3.8, 4) is 0 Å². The molecule has 0 aliphatic carbocycles. The molecule has 10 heteroatoms. The maximum Gasteiger partial charge on any atom is 0.290 e. The number of thiophene rings is 1. The Hall–Kier alpha value is -2.27. The quantitative estimate of drug-likeness (QED) is 0.626. The van der Waals surface area contributed by atoms with Crippen molar-refractivity contribution in [2.24, 2.45) is 7.05 Å². The van der Waals surface area contributed by atoms with E-state index in [-0.39, 0.29) is 12.9 Å². The number of piperidine rings is 1. The largest absolute Gasteiger partial charge is 0.483 e. The van der Waals surface area contributed by atoms with Crippen molar-refractivity contribution >= 4 is 24.3 Å². The molecule has 0 amide bonds. The van der Waals surface area contributed by atoms with Gasteiger partial charge in [-0.15, -0.1) is 11.3 Å². The minimum absolute atomic E-state index is 0.250. The number of aryl methyl sites for hydroxylation is 1. The maximum atomic E-state index is 8.36. The fourth-order valence-corrected chi connectivity index (χ4v) is 4.96. The van der Waals surface area contributed by atoms with Crippen LogP contribution in [0.15, 0.2) is 23.8 Å². The van der Waals surface area contributed by atoms with Crippen molar-refractivity contribution in [2.45, 2.75) is 38.9 Å². The Balaban J connectivity index is 0.000000547. The normalized spacial score (nSPS) is 17.5. The number of hydrogen-bond acceptors (Lipinski definition) is 7. The zero-order valence-corrected chi connectivity index (χ0v) is 19.6. The van der Waals surface area contributed by atoms with E-state index in [1.165, 1.54) is 48.6 Å². The van der Waals surface area contributed by atoms with Gasteiger partial charge in [0.15, 0.2) is 0 Å². The van der Waals surface area contributed by atoms with Gasteiger partial charge in [0.05, 0.1) is 6.54 Å². The third kappa shape index (κ3) is 9.07. The van der Waals surface area contributed by atoms with Crippen molar-refractivity contribution < 1.29 is 19.8 Å². The van der Waals surface area contributed by atoms with Crippen molar-refractivity contribution in [3.05, 3.63) is 40.1 Å².